The van der Waals surface area contributed by atoms with Crippen molar-refractivity contribution in [3.8, 4) is 0 Å². The van der Waals surface area contributed by atoms with Crippen molar-refractivity contribution in [1.29, 1.82) is 0 Å². The van der Waals surface area contributed by atoms with Gasteiger partial charge in [-0.25, -0.2) is 8.42 Å². The van der Waals surface area contributed by atoms with Gasteiger partial charge in [0.05, 0.1) is 11.9 Å². The molecular weight excluding hydrogens is 462 g/mol. The summed E-state index contributed by atoms with van der Waals surface area (Å²) in [7, 11) is -3.49. The van der Waals surface area contributed by atoms with E-state index in [0.717, 1.165) is 36.8 Å². The molecule has 2 aromatic carbocycles. The fourth-order valence-corrected chi connectivity index (χ4v) is 5.55. The van der Waals surface area contributed by atoms with Crippen LogP contribution in [0.3, 0.4) is 0 Å². The van der Waals surface area contributed by atoms with Gasteiger partial charge in [0.2, 0.25) is 21.8 Å². The number of hydrogen-bond donors (Lipinski definition) is 1. The Hall–Kier alpha value is -2.87. The number of benzene rings is 2. The lowest BCUT2D eigenvalue weighted by atomic mass is 10.1. The highest BCUT2D eigenvalue weighted by molar-refractivity contribution is 7.92. The zero-order valence-electron chi connectivity index (χ0n) is 20.9. The molecule has 190 valence electrons. The lowest BCUT2D eigenvalue weighted by Crippen LogP contribution is -2.49. The van der Waals surface area contributed by atoms with E-state index < -0.39 is 16.1 Å². The molecule has 0 heterocycles. The van der Waals surface area contributed by atoms with Gasteiger partial charge in [-0.2, -0.15) is 0 Å². The summed E-state index contributed by atoms with van der Waals surface area (Å²) in [4.78, 5) is 28.0. The van der Waals surface area contributed by atoms with E-state index >= 15 is 0 Å². The van der Waals surface area contributed by atoms with Crippen LogP contribution in [0.2, 0.25) is 0 Å². The molecule has 0 unspecified atom stereocenters. The average molecular weight is 500 g/mol. The zero-order valence-corrected chi connectivity index (χ0v) is 21.8. The topological polar surface area (TPSA) is 86.8 Å². The maximum Gasteiger partial charge on any atom is 0.242 e. The molecule has 35 heavy (non-hydrogen) atoms. The van der Waals surface area contributed by atoms with Gasteiger partial charge in [0, 0.05) is 25.6 Å². The second-order valence-corrected chi connectivity index (χ2v) is 11.4. The van der Waals surface area contributed by atoms with E-state index in [9.17, 15) is 18.0 Å². The standard InChI is InChI=1S/C27H37N3O4S/c1-21-11-9-12-23(19-21)20-29(22(2)27(32)28-24-13-7-8-14-24)26(31)17-10-18-30(35(3,33)34)25-15-5-4-6-16-25/h4-6,9,11-12,15-16,19,22,24H,7-8,10,13-14,17-18,20H2,1-3H3,(H,28,32)/t22-/m0/s1. The fraction of sp³-hybridized carbons (Fsp3) is 0.481. The van der Waals surface area contributed by atoms with Crippen molar-refractivity contribution in [2.45, 2.75) is 71.0 Å². The molecule has 0 aromatic heterocycles. The summed E-state index contributed by atoms with van der Waals surface area (Å²) in [5.74, 6) is -0.304. The van der Waals surface area contributed by atoms with Crippen LogP contribution in [0.15, 0.2) is 54.6 Å². The van der Waals surface area contributed by atoms with E-state index in [1.807, 2.05) is 37.3 Å². The van der Waals surface area contributed by atoms with E-state index in [1.54, 1.807) is 36.1 Å². The van der Waals surface area contributed by atoms with Gasteiger partial charge in [0.1, 0.15) is 6.04 Å². The molecule has 1 atom stereocenters. The number of sulfonamides is 1. The van der Waals surface area contributed by atoms with Crippen molar-refractivity contribution in [1.82, 2.24) is 10.2 Å². The van der Waals surface area contributed by atoms with Crippen LogP contribution in [0.4, 0.5) is 5.69 Å². The third-order valence-corrected chi connectivity index (χ3v) is 7.69. The van der Waals surface area contributed by atoms with E-state index in [2.05, 4.69) is 5.32 Å². The van der Waals surface area contributed by atoms with Gasteiger partial charge in [-0.3, -0.25) is 13.9 Å². The minimum Gasteiger partial charge on any atom is -0.352 e. The zero-order chi connectivity index (χ0) is 25.4. The van der Waals surface area contributed by atoms with Crippen LogP contribution >= 0.6 is 0 Å². The number of carbonyl (C=O) groups excluding carboxylic acids is 2. The first kappa shape index (κ1) is 26.7. The minimum atomic E-state index is -3.49. The Kier molecular flexibility index (Phi) is 9.32. The smallest absolute Gasteiger partial charge is 0.242 e. The summed E-state index contributed by atoms with van der Waals surface area (Å²) >= 11 is 0. The van der Waals surface area contributed by atoms with Gasteiger partial charge in [-0.1, -0.05) is 60.9 Å². The molecule has 0 radical (unpaired) electrons. The van der Waals surface area contributed by atoms with Gasteiger partial charge in [0.25, 0.3) is 0 Å². The maximum atomic E-state index is 13.4. The molecule has 2 amide bonds. The fourth-order valence-electron chi connectivity index (χ4n) is 4.58. The second-order valence-electron chi connectivity index (χ2n) is 9.45. The molecular formula is C27H37N3O4S. The number of carbonyl (C=O) groups is 2. The number of amides is 2. The third kappa shape index (κ3) is 7.82. The highest BCUT2D eigenvalue weighted by Crippen LogP contribution is 2.20. The molecule has 1 N–H and O–H groups in total. The SMILES string of the molecule is Cc1cccc(CN(C(=O)CCCN(c2ccccc2)S(C)(=O)=O)[C@@H](C)C(=O)NC2CCCC2)c1. The van der Waals surface area contributed by atoms with Crippen LogP contribution in [-0.2, 0) is 26.2 Å². The molecule has 0 aliphatic heterocycles. The number of para-hydroxylation sites is 1. The van der Waals surface area contributed by atoms with E-state index in [-0.39, 0.29) is 30.8 Å². The molecule has 1 saturated carbocycles. The van der Waals surface area contributed by atoms with Crippen LogP contribution in [-0.4, -0.2) is 50.0 Å². The summed E-state index contributed by atoms with van der Waals surface area (Å²) in [6.07, 6.45) is 5.85. The summed E-state index contributed by atoms with van der Waals surface area (Å²) in [6.45, 7) is 4.28. The molecule has 2 aromatic rings. The lowest BCUT2D eigenvalue weighted by molar-refractivity contribution is -0.141. The first-order chi connectivity index (χ1) is 16.6. The number of hydrogen-bond acceptors (Lipinski definition) is 4. The molecule has 1 fully saturated rings. The maximum absolute atomic E-state index is 13.4. The summed E-state index contributed by atoms with van der Waals surface area (Å²) in [6, 6.07) is 16.3. The summed E-state index contributed by atoms with van der Waals surface area (Å²) in [5.41, 5.74) is 2.62. The van der Waals surface area contributed by atoms with Gasteiger partial charge in [-0.05, 0) is 50.8 Å². The van der Waals surface area contributed by atoms with Gasteiger partial charge in [-0.15, -0.1) is 0 Å². The highest BCUT2D eigenvalue weighted by atomic mass is 32.2. The van der Waals surface area contributed by atoms with Crippen molar-refractivity contribution in [2.24, 2.45) is 0 Å². The van der Waals surface area contributed by atoms with Crippen molar-refractivity contribution in [3.63, 3.8) is 0 Å². The Morgan fingerprint density at radius 3 is 2.37 bits per heavy atom. The highest BCUT2D eigenvalue weighted by Gasteiger charge is 2.28. The monoisotopic (exact) mass is 499 g/mol. The van der Waals surface area contributed by atoms with Crippen molar-refractivity contribution < 1.29 is 18.0 Å². The minimum absolute atomic E-state index is 0.139. The average Bonchev–Trinajstić information content (AvgIpc) is 3.32. The number of aryl methyl sites for hydroxylation is 1. The molecule has 1 aliphatic carbocycles. The van der Waals surface area contributed by atoms with Gasteiger partial charge >= 0.3 is 0 Å². The van der Waals surface area contributed by atoms with Crippen LogP contribution in [0.1, 0.15) is 56.6 Å². The Bertz CT molecular complexity index is 1100. The first-order valence-electron chi connectivity index (χ1n) is 12.3. The van der Waals surface area contributed by atoms with Gasteiger partial charge in [0.15, 0.2) is 0 Å². The molecule has 3 rings (SSSR count). The summed E-state index contributed by atoms with van der Waals surface area (Å²) in [5, 5.41) is 3.11. The Morgan fingerprint density at radius 2 is 1.74 bits per heavy atom. The normalized spacial score (nSPS) is 14.9. The quantitative estimate of drug-likeness (QED) is 0.506. The van der Waals surface area contributed by atoms with Crippen LogP contribution in [0.5, 0.6) is 0 Å². The van der Waals surface area contributed by atoms with E-state index in [4.69, 9.17) is 0 Å². The van der Waals surface area contributed by atoms with Crippen LogP contribution in [0, 0.1) is 6.92 Å². The molecule has 0 spiro atoms. The van der Waals surface area contributed by atoms with Gasteiger partial charge < -0.3 is 10.2 Å². The molecule has 0 saturated heterocycles. The Balaban J connectivity index is 1.70. The first-order valence-corrected chi connectivity index (χ1v) is 14.2. The lowest BCUT2D eigenvalue weighted by Gasteiger charge is -2.30. The summed E-state index contributed by atoms with van der Waals surface area (Å²) < 4.78 is 26.0. The molecule has 8 heteroatoms. The molecule has 7 nitrogen and oxygen atoms in total. The van der Waals surface area contributed by atoms with Crippen molar-refractivity contribution in [2.75, 3.05) is 17.1 Å². The van der Waals surface area contributed by atoms with E-state index in [0.29, 0.717) is 18.7 Å². The molecule has 0 bridgehead atoms. The van der Waals surface area contributed by atoms with Crippen LogP contribution < -0.4 is 9.62 Å². The Morgan fingerprint density at radius 1 is 1.06 bits per heavy atom. The van der Waals surface area contributed by atoms with E-state index in [1.165, 1.54) is 10.6 Å². The Labute approximate surface area is 209 Å². The van der Waals surface area contributed by atoms with Crippen LogP contribution in [0.25, 0.3) is 0 Å². The van der Waals surface area contributed by atoms with Crippen molar-refractivity contribution >= 4 is 27.5 Å². The number of rotatable bonds is 11. The predicted octanol–water partition coefficient (Wildman–Crippen LogP) is 4.02. The number of nitrogens with zero attached hydrogens (tertiary/aromatic N) is 2. The second kappa shape index (κ2) is 12.2. The number of nitrogens with one attached hydrogen (secondary N) is 1. The van der Waals surface area contributed by atoms with Crippen molar-refractivity contribution in [3.05, 3.63) is 65.7 Å². The third-order valence-electron chi connectivity index (χ3n) is 6.50. The molecule has 1 aliphatic rings. The predicted molar refractivity (Wildman–Crippen MR) is 139 cm³/mol. The number of anilines is 1. The largest absolute Gasteiger partial charge is 0.352 e.